The summed E-state index contributed by atoms with van der Waals surface area (Å²) >= 11 is 1.78. The van der Waals surface area contributed by atoms with Crippen LogP contribution in [0.5, 0.6) is 0 Å². The summed E-state index contributed by atoms with van der Waals surface area (Å²) < 4.78 is 0. The van der Waals surface area contributed by atoms with Crippen LogP contribution in [-0.4, -0.2) is 54.4 Å². The van der Waals surface area contributed by atoms with E-state index in [0.717, 1.165) is 55.6 Å². The standard InChI is InChI=1S/C15H22N4OS/c1-3-12-10-13-14(16-11(2)17-15(13)21-12)19-6-4-18(5-7-19)8-9-20/h10,20H,3-9H2,1-2H3/p+1. The molecule has 1 saturated heterocycles. The van der Waals surface area contributed by atoms with Gasteiger partial charge in [-0.15, -0.1) is 11.3 Å². The van der Waals surface area contributed by atoms with Crippen molar-refractivity contribution in [2.45, 2.75) is 20.3 Å². The summed E-state index contributed by atoms with van der Waals surface area (Å²) in [7, 11) is 0. The number of aliphatic hydroxyl groups excluding tert-OH is 1. The summed E-state index contributed by atoms with van der Waals surface area (Å²) in [4.78, 5) is 15.6. The second-order valence-corrected chi connectivity index (χ2v) is 6.71. The van der Waals surface area contributed by atoms with Gasteiger partial charge in [-0.25, -0.2) is 9.97 Å². The number of hydrogen-bond acceptors (Lipinski definition) is 5. The number of nitrogens with zero attached hydrogens (tertiary/aromatic N) is 3. The van der Waals surface area contributed by atoms with E-state index in [-0.39, 0.29) is 6.61 Å². The highest BCUT2D eigenvalue weighted by Crippen LogP contribution is 2.31. The van der Waals surface area contributed by atoms with Crippen LogP contribution in [0.2, 0.25) is 0 Å². The van der Waals surface area contributed by atoms with Gasteiger partial charge in [-0.3, -0.25) is 0 Å². The van der Waals surface area contributed by atoms with Crippen LogP contribution in [0.25, 0.3) is 10.2 Å². The van der Waals surface area contributed by atoms with Gasteiger partial charge in [0.1, 0.15) is 23.0 Å². The van der Waals surface area contributed by atoms with Gasteiger partial charge >= 0.3 is 0 Å². The van der Waals surface area contributed by atoms with Gasteiger partial charge < -0.3 is 14.9 Å². The molecule has 0 saturated carbocycles. The van der Waals surface area contributed by atoms with Crippen LogP contribution >= 0.6 is 11.3 Å². The monoisotopic (exact) mass is 307 g/mol. The molecule has 5 nitrogen and oxygen atoms in total. The minimum atomic E-state index is 0.274. The summed E-state index contributed by atoms with van der Waals surface area (Å²) in [5.74, 6) is 1.95. The van der Waals surface area contributed by atoms with E-state index in [0.29, 0.717) is 0 Å². The number of nitrogens with one attached hydrogen (secondary N) is 1. The number of thiophene rings is 1. The number of aromatic nitrogens is 2. The van der Waals surface area contributed by atoms with Gasteiger partial charge in [-0.2, -0.15) is 0 Å². The lowest BCUT2D eigenvalue weighted by molar-refractivity contribution is -0.900. The smallest absolute Gasteiger partial charge is 0.141 e. The number of fused-ring (bicyclic) bond motifs is 1. The highest BCUT2D eigenvalue weighted by molar-refractivity contribution is 7.18. The molecule has 114 valence electrons. The molecule has 1 fully saturated rings. The summed E-state index contributed by atoms with van der Waals surface area (Å²) in [5.41, 5.74) is 0. The van der Waals surface area contributed by atoms with Gasteiger partial charge in [0.15, 0.2) is 0 Å². The number of aliphatic hydroxyl groups is 1. The Morgan fingerprint density at radius 1 is 1.33 bits per heavy atom. The third kappa shape index (κ3) is 3.02. The fraction of sp³-hybridized carbons (Fsp3) is 0.600. The lowest BCUT2D eigenvalue weighted by Crippen LogP contribution is -3.15. The van der Waals surface area contributed by atoms with Crippen LogP contribution in [0.3, 0.4) is 0 Å². The summed E-state index contributed by atoms with van der Waals surface area (Å²) in [6, 6.07) is 2.25. The van der Waals surface area contributed by atoms with Crippen LogP contribution in [-0.2, 0) is 6.42 Å². The molecule has 0 spiro atoms. The van der Waals surface area contributed by atoms with Crippen molar-refractivity contribution in [3.05, 3.63) is 16.8 Å². The first-order chi connectivity index (χ1) is 10.2. The van der Waals surface area contributed by atoms with Crippen molar-refractivity contribution in [2.75, 3.05) is 44.2 Å². The van der Waals surface area contributed by atoms with Gasteiger partial charge in [0.25, 0.3) is 0 Å². The minimum Gasteiger partial charge on any atom is -0.391 e. The molecule has 0 amide bonds. The van der Waals surface area contributed by atoms with Gasteiger partial charge in [0.05, 0.1) is 38.2 Å². The topological polar surface area (TPSA) is 53.7 Å². The average molecular weight is 307 g/mol. The van der Waals surface area contributed by atoms with E-state index in [1.807, 2.05) is 6.92 Å². The van der Waals surface area contributed by atoms with E-state index in [1.54, 1.807) is 11.3 Å². The second-order valence-electron chi connectivity index (χ2n) is 5.59. The normalized spacial score (nSPS) is 16.8. The Morgan fingerprint density at radius 3 is 2.76 bits per heavy atom. The van der Waals surface area contributed by atoms with E-state index in [9.17, 15) is 0 Å². The van der Waals surface area contributed by atoms with Crippen LogP contribution in [0.4, 0.5) is 5.82 Å². The quantitative estimate of drug-likeness (QED) is 0.851. The van der Waals surface area contributed by atoms with Gasteiger partial charge in [-0.1, -0.05) is 6.92 Å². The molecule has 0 unspecified atom stereocenters. The van der Waals surface area contributed by atoms with Crippen molar-refractivity contribution >= 4 is 27.4 Å². The number of piperazine rings is 1. The van der Waals surface area contributed by atoms with E-state index < -0.39 is 0 Å². The van der Waals surface area contributed by atoms with Crippen LogP contribution in [0.1, 0.15) is 17.6 Å². The zero-order valence-electron chi connectivity index (χ0n) is 12.7. The Kier molecular flexibility index (Phi) is 4.37. The van der Waals surface area contributed by atoms with E-state index >= 15 is 0 Å². The van der Waals surface area contributed by atoms with Crippen LogP contribution < -0.4 is 9.80 Å². The van der Waals surface area contributed by atoms with Gasteiger partial charge in [-0.05, 0) is 19.4 Å². The fourth-order valence-corrected chi connectivity index (χ4v) is 3.93. The lowest BCUT2D eigenvalue weighted by Gasteiger charge is -2.33. The molecule has 0 aliphatic carbocycles. The number of anilines is 1. The maximum atomic E-state index is 9.06. The summed E-state index contributed by atoms with van der Waals surface area (Å²) in [6.07, 6.45) is 1.05. The lowest BCUT2D eigenvalue weighted by atomic mass is 10.2. The molecule has 21 heavy (non-hydrogen) atoms. The van der Waals surface area contributed by atoms with Crippen LogP contribution in [0, 0.1) is 6.92 Å². The van der Waals surface area contributed by atoms with E-state index in [2.05, 4.69) is 22.9 Å². The van der Waals surface area contributed by atoms with Crippen molar-refractivity contribution in [3.63, 3.8) is 0 Å². The Balaban J connectivity index is 1.88. The molecule has 1 aliphatic rings. The molecule has 2 aromatic rings. The third-order valence-electron chi connectivity index (χ3n) is 4.12. The SMILES string of the molecule is CCc1cc2c(N3CC[NH+](CCO)CC3)nc(C)nc2s1. The maximum absolute atomic E-state index is 9.06. The largest absolute Gasteiger partial charge is 0.391 e. The number of hydrogen-bond donors (Lipinski definition) is 2. The first-order valence-corrected chi connectivity index (χ1v) is 8.49. The molecule has 1 aliphatic heterocycles. The first kappa shape index (κ1) is 14.7. The molecular weight excluding hydrogens is 284 g/mol. The molecule has 0 bridgehead atoms. The van der Waals surface area contributed by atoms with Crippen molar-refractivity contribution in [3.8, 4) is 0 Å². The van der Waals surface area contributed by atoms with Gasteiger partial charge in [0, 0.05) is 4.88 Å². The molecule has 2 aromatic heterocycles. The van der Waals surface area contributed by atoms with Crippen molar-refractivity contribution in [1.82, 2.24) is 9.97 Å². The third-order valence-corrected chi connectivity index (χ3v) is 5.29. The molecule has 0 atom stereocenters. The number of rotatable bonds is 4. The number of quaternary nitrogens is 1. The Labute approximate surface area is 129 Å². The highest BCUT2D eigenvalue weighted by Gasteiger charge is 2.23. The fourth-order valence-electron chi connectivity index (χ4n) is 2.92. The van der Waals surface area contributed by atoms with Gasteiger partial charge in [0.2, 0.25) is 0 Å². The second kappa shape index (κ2) is 6.25. The first-order valence-electron chi connectivity index (χ1n) is 7.67. The zero-order chi connectivity index (χ0) is 14.8. The van der Waals surface area contributed by atoms with Crippen molar-refractivity contribution in [2.24, 2.45) is 0 Å². The van der Waals surface area contributed by atoms with Crippen molar-refractivity contribution in [1.29, 1.82) is 0 Å². The Hall–Kier alpha value is -1.24. The Morgan fingerprint density at radius 2 is 2.10 bits per heavy atom. The van der Waals surface area contributed by atoms with E-state index in [4.69, 9.17) is 10.1 Å². The van der Waals surface area contributed by atoms with E-state index in [1.165, 1.54) is 15.2 Å². The highest BCUT2D eigenvalue weighted by atomic mass is 32.1. The molecule has 2 N–H and O–H groups in total. The zero-order valence-corrected chi connectivity index (χ0v) is 13.5. The molecule has 3 rings (SSSR count). The predicted octanol–water partition coefficient (Wildman–Crippen LogP) is 0.259. The minimum absolute atomic E-state index is 0.274. The average Bonchev–Trinajstić information content (AvgIpc) is 2.90. The summed E-state index contributed by atoms with van der Waals surface area (Å²) in [6.45, 7) is 9.41. The molecule has 6 heteroatoms. The maximum Gasteiger partial charge on any atom is 0.141 e. The summed E-state index contributed by atoms with van der Waals surface area (Å²) in [5, 5.41) is 10.3. The molecule has 3 heterocycles. The molecule has 0 aromatic carbocycles. The van der Waals surface area contributed by atoms with Crippen LogP contribution in [0.15, 0.2) is 6.07 Å². The predicted molar refractivity (Wildman–Crippen MR) is 86.4 cm³/mol. The number of aryl methyl sites for hydroxylation is 2. The molecular formula is C15H23N4OS+. The molecule has 0 radical (unpaired) electrons. The Bertz CT molecular complexity index is 619. The van der Waals surface area contributed by atoms with Crippen molar-refractivity contribution < 1.29 is 10.0 Å².